The Balaban J connectivity index is 1.89. The van der Waals surface area contributed by atoms with Crippen LogP contribution in [-0.2, 0) is 23.0 Å². The Labute approximate surface area is 155 Å². The molecule has 0 fully saturated rings. The van der Waals surface area contributed by atoms with Gasteiger partial charge in [0.2, 0.25) is 10.0 Å². The maximum Gasteiger partial charge on any atom is 0.243 e. The molecule has 0 radical (unpaired) electrons. The van der Waals surface area contributed by atoms with Crippen LogP contribution in [0, 0.1) is 0 Å². The van der Waals surface area contributed by atoms with Gasteiger partial charge < -0.3 is 9.47 Å². The van der Waals surface area contributed by atoms with Gasteiger partial charge in [-0.05, 0) is 53.3 Å². The molecule has 0 saturated heterocycles. The largest absolute Gasteiger partial charge is 0.493 e. The number of rotatable bonds is 5. The average Bonchev–Trinajstić information content (AvgIpc) is 2.66. The van der Waals surface area contributed by atoms with E-state index in [9.17, 15) is 8.42 Å². The zero-order valence-electron chi connectivity index (χ0n) is 15.7. The Morgan fingerprint density at radius 2 is 1.54 bits per heavy atom. The first-order valence-electron chi connectivity index (χ1n) is 8.70. The van der Waals surface area contributed by atoms with E-state index in [-0.39, 0.29) is 0 Å². The topological polar surface area (TPSA) is 55.8 Å². The molecule has 0 aliphatic carbocycles. The molecule has 26 heavy (non-hydrogen) atoms. The van der Waals surface area contributed by atoms with Crippen LogP contribution in [0.2, 0.25) is 0 Å². The molecular formula is C20H25NO4S. The smallest absolute Gasteiger partial charge is 0.243 e. The van der Waals surface area contributed by atoms with E-state index in [1.165, 1.54) is 4.31 Å². The summed E-state index contributed by atoms with van der Waals surface area (Å²) in [4.78, 5) is 0.339. The lowest BCUT2D eigenvalue weighted by atomic mass is 10.0. The van der Waals surface area contributed by atoms with Crippen molar-refractivity contribution < 1.29 is 17.9 Å². The van der Waals surface area contributed by atoms with Gasteiger partial charge in [0.05, 0.1) is 19.1 Å². The molecule has 6 heteroatoms. The van der Waals surface area contributed by atoms with Crippen molar-refractivity contribution in [2.24, 2.45) is 0 Å². The minimum Gasteiger partial charge on any atom is -0.493 e. The molecule has 140 valence electrons. The van der Waals surface area contributed by atoms with Crippen LogP contribution in [0.15, 0.2) is 41.3 Å². The number of ether oxygens (including phenoxy) is 2. The number of hydrogen-bond acceptors (Lipinski definition) is 4. The van der Waals surface area contributed by atoms with E-state index in [1.54, 1.807) is 26.4 Å². The number of benzene rings is 2. The van der Waals surface area contributed by atoms with Gasteiger partial charge in [0.1, 0.15) is 0 Å². The zero-order chi connectivity index (χ0) is 18.9. The zero-order valence-corrected chi connectivity index (χ0v) is 16.5. The van der Waals surface area contributed by atoms with Crippen molar-refractivity contribution in [3.8, 4) is 11.5 Å². The molecule has 0 amide bonds. The van der Waals surface area contributed by atoms with E-state index < -0.39 is 10.0 Å². The van der Waals surface area contributed by atoms with Gasteiger partial charge in [-0.25, -0.2) is 8.42 Å². The van der Waals surface area contributed by atoms with E-state index in [4.69, 9.17) is 9.47 Å². The molecule has 3 rings (SSSR count). The van der Waals surface area contributed by atoms with Crippen molar-refractivity contribution in [1.82, 2.24) is 4.31 Å². The fourth-order valence-electron chi connectivity index (χ4n) is 3.24. The van der Waals surface area contributed by atoms with E-state index in [0.29, 0.717) is 41.8 Å². The van der Waals surface area contributed by atoms with Crippen LogP contribution in [0.3, 0.4) is 0 Å². The van der Waals surface area contributed by atoms with Gasteiger partial charge in [-0.1, -0.05) is 26.0 Å². The third-order valence-corrected chi connectivity index (χ3v) is 6.73. The van der Waals surface area contributed by atoms with Crippen molar-refractivity contribution in [2.75, 3.05) is 20.8 Å². The molecule has 0 unspecified atom stereocenters. The van der Waals surface area contributed by atoms with Crippen LogP contribution < -0.4 is 9.47 Å². The molecule has 1 aliphatic rings. The second-order valence-corrected chi connectivity index (χ2v) is 8.73. The maximum atomic E-state index is 13.0. The maximum absolute atomic E-state index is 13.0. The first-order valence-corrected chi connectivity index (χ1v) is 10.1. The summed E-state index contributed by atoms with van der Waals surface area (Å²) in [6.07, 6.45) is 0.652. The summed E-state index contributed by atoms with van der Waals surface area (Å²) in [6.45, 7) is 4.97. The van der Waals surface area contributed by atoms with Crippen molar-refractivity contribution in [1.29, 1.82) is 0 Å². The van der Waals surface area contributed by atoms with Crippen LogP contribution in [0.4, 0.5) is 0 Å². The van der Waals surface area contributed by atoms with E-state index in [2.05, 4.69) is 13.8 Å². The fourth-order valence-corrected chi connectivity index (χ4v) is 4.66. The fraction of sp³-hybridized carbons (Fsp3) is 0.400. The summed E-state index contributed by atoms with van der Waals surface area (Å²) < 4.78 is 38.3. The van der Waals surface area contributed by atoms with Crippen molar-refractivity contribution in [2.45, 2.75) is 37.6 Å². The minimum atomic E-state index is -3.52. The van der Waals surface area contributed by atoms with E-state index in [0.717, 1.165) is 16.7 Å². The van der Waals surface area contributed by atoms with Gasteiger partial charge >= 0.3 is 0 Å². The molecular weight excluding hydrogens is 350 g/mol. The Hall–Kier alpha value is -2.05. The molecule has 2 aromatic carbocycles. The molecule has 1 heterocycles. The van der Waals surface area contributed by atoms with Crippen LogP contribution in [0.5, 0.6) is 11.5 Å². The highest BCUT2D eigenvalue weighted by atomic mass is 32.2. The Morgan fingerprint density at radius 3 is 2.08 bits per heavy atom. The molecule has 0 atom stereocenters. The van der Waals surface area contributed by atoms with Crippen LogP contribution in [0.25, 0.3) is 0 Å². The molecule has 1 aliphatic heterocycles. The van der Waals surface area contributed by atoms with E-state index in [1.807, 2.05) is 24.3 Å². The number of methoxy groups -OCH3 is 2. The lowest BCUT2D eigenvalue weighted by Gasteiger charge is -2.29. The molecule has 0 bridgehead atoms. The summed E-state index contributed by atoms with van der Waals surface area (Å²) in [5, 5.41) is 0. The quantitative estimate of drug-likeness (QED) is 0.802. The normalized spacial score (nSPS) is 15.0. The first-order chi connectivity index (χ1) is 12.4. The molecule has 2 aromatic rings. The summed E-state index contributed by atoms with van der Waals surface area (Å²) in [5.74, 6) is 1.66. The van der Waals surface area contributed by atoms with E-state index >= 15 is 0 Å². The lowest BCUT2D eigenvalue weighted by molar-refractivity contribution is 0.348. The van der Waals surface area contributed by atoms with Gasteiger partial charge in [0.15, 0.2) is 11.5 Å². The van der Waals surface area contributed by atoms with Gasteiger partial charge in [0.25, 0.3) is 0 Å². The molecule has 0 aromatic heterocycles. The minimum absolute atomic E-state index is 0.337. The first kappa shape index (κ1) is 18.7. The predicted molar refractivity (Wildman–Crippen MR) is 101 cm³/mol. The standard InChI is InChI=1S/C20H25NO4S/c1-14(2)15-5-7-18(8-6-15)26(22,23)21-10-9-16-11-19(24-3)20(25-4)12-17(16)13-21/h5-8,11-12,14H,9-10,13H2,1-4H3. The number of sulfonamides is 1. The molecule has 0 N–H and O–H groups in total. The SMILES string of the molecule is COc1cc2c(cc1OC)CN(S(=O)(=O)c1ccc(C(C)C)cc1)CC2. The summed E-state index contributed by atoms with van der Waals surface area (Å²) >= 11 is 0. The van der Waals surface area contributed by atoms with Crippen LogP contribution >= 0.6 is 0 Å². The second kappa shape index (κ2) is 7.29. The van der Waals surface area contributed by atoms with Crippen LogP contribution in [-0.4, -0.2) is 33.5 Å². The average molecular weight is 375 g/mol. The Bertz CT molecular complexity index is 889. The number of nitrogens with zero attached hydrogens (tertiary/aromatic N) is 1. The van der Waals surface area contributed by atoms with Gasteiger partial charge in [0, 0.05) is 13.1 Å². The van der Waals surface area contributed by atoms with Gasteiger partial charge in [-0.15, -0.1) is 0 Å². The third kappa shape index (κ3) is 3.44. The highest BCUT2D eigenvalue weighted by Gasteiger charge is 2.29. The van der Waals surface area contributed by atoms with Crippen LogP contribution in [0.1, 0.15) is 36.5 Å². The van der Waals surface area contributed by atoms with Gasteiger partial charge in [-0.3, -0.25) is 0 Å². The summed E-state index contributed by atoms with van der Waals surface area (Å²) in [5.41, 5.74) is 3.19. The van der Waals surface area contributed by atoms with Gasteiger partial charge in [-0.2, -0.15) is 4.31 Å². The summed E-state index contributed by atoms with van der Waals surface area (Å²) in [7, 11) is -0.338. The Kier molecular flexibility index (Phi) is 5.25. The molecule has 0 spiro atoms. The highest BCUT2D eigenvalue weighted by molar-refractivity contribution is 7.89. The monoisotopic (exact) mass is 375 g/mol. The highest BCUT2D eigenvalue weighted by Crippen LogP contribution is 2.34. The van der Waals surface area contributed by atoms with Crippen molar-refractivity contribution in [3.05, 3.63) is 53.1 Å². The number of fused-ring (bicyclic) bond motifs is 1. The predicted octanol–water partition coefficient (Wildman–Crippen LogP) is 3.57. The molecule has 0 saturated carbocycles. The lowest BCUT2D eigenvalue weighted by Crippen LogP contribution is -2.36. The third-order valence-electron chi connectivity index (χ3n) is 4.87. The summed E-state index contributed by atoms with van der Waals surface area (Å²) in [6, 6.07) is 11.0. The van der Waals surface area contributed by atoms with Crippen molar-refractivity contribution >= 4 is 10.0 Å². The Morgan fingerprint density at radius 1 is 0.962 bits per heavy atom. The van der Waals surface area contributed by atoms with Crippen molar-refractivity contribution in [3.63, 3.8) is 0 Å². The second-order valence-electron chi connectivity index (χ2n) is 6.79. The molecule has 5 nitrogen and oxygen atoms in total. The number of hydrogen-bond donors (Lipinski definition) is 0.